The Bertz CT molecular complexity index is 678. The fraction of sp³-hybridized carbons (Fsp3) is 0.864. The largest absolute Gasteiger partial charge is 0.387 e. The van der Waals surface area contributed by atoms with Crippen LogP contribution in [0.25, 0.3) is 0 Å². The monoisotopic (exact) mass is 476 g/mol. The van der Waals surface area contributed by atoms with Crippen molar-refractivity contribution in [1.82, 2.24) is 10.2 Å². The number of carbonyl (C=O) groups excluding carboxylic acids is 1. The van der Waals surface area contributed by atoms with Gasteiger partial charge in [0.2, 0.25) is 5.91 Å². The molecular formula is C22H37ClN2O5S. The summed E-state index contributed by atoms with van der Waals surface area (Å²) in [5.41, 5.74) is 0.684. The van der Waals surface area contributed by atoms with Gasteiger partial charge in [-0.05, 0) is 52.8 Å². The normalized spacial score (nSPS) is 39.7. The molecule has 3 rings (SSSR count). The Morgan fingerprint density at radius 1 is 1.39 bits per heavy atom. The number of aliphatic hydroxyl groups is 1. The summed E-state index contributed by atoms with van der Waals surface area (Å²) in [7, 11) is 1.97. The Morgan fingerprint density at radius 2 is 2.03 bits per heavy atom. The quantitative estimate of drug-likeness (QED) is 0.431. The maximum atomic E-state index is 13.3. The number of hydrogen-bond donors (Lipinski definition) is 2. The van der Waals surface area contributed by atoms with Gasteiger partial charge in [0, 0.05) is 6.54 Å². The number of likely N-dealkylation sites (tertiary alicyclic amines) is 1. The van der Waals surface area contributed by atoms with Gasteiger partial charge in [-0.15, -0.1) is 23.4 Å². The van der Waals surface area contributed by atoms with E-state index in [0.717, 1.165) is 19.4 Å². The fourth-order valence-corrected chi connectivity index (χ4v) is 5.78. The first kappa shape index (κ1) is 25.3. The maximum Gasteiger partial charge on any atom is 0.237 e. The highest BCUT2D eigenvalue weighted by Gasteiger charge is 2.57. The van der Waals surface area contributed by atoms with Crippen LogP contribution in [0.5, 0.6) is 0 Å². The molecule has 7 nitrogen and oxygen atoms in total. The van der Waals surface area contributed by atoms with Gasteiger partial charge in [0.1, 0.15) is 29.9 Å². The van der Waals surface area contributed by atoms with Gasteiger partial charge in [-0.3, -0.25) is 9.69 Å². The van der Waals surface area contributed by atoms with Crippen molar-refractivity contribution in [3.63, 3.8) is 0 Å². The standard InChI is InChI=1S/C22H37ClN2O5S/c1-8-11(2)13-9-14(25(6)10-13)20(27)24-15(12(3)23)17-19-18(29-22(4,5)30-19)16(26)21(28-17)31-7/h12-19,21,26H,2,8-10H2,1,3-7H3,(H,24,27). The molecular weight excluding hydrogens is 440 g/mol. The second-order valence-electron chi connectivity index (χ2n) is 9.37. The van der Waals surface area contributed by atoms with E-state index in [-0.39, 0.29) is 11.9 Å². The molecule has 0 aliphatic carbocycles. The van der Waals surface area contributed by atoms with E-state index in [0.29, 0.717) is 5.92 Å². The van der Waals surface area contributed by atoms with Crippen molar-refractivity contribution in [3.05, 3.63) is 12.2 Å². The number of aliphatic hydroxyl groups excluding tert-OH is 1. The van der Waals surface area contributed by atoms with Gasteiger partial charge in [-0.1, -0.05) is 19.1 Å². The summed E-state index contributed by atoms with van der Waals surface area (Å²) in [6.45, 7) is 12.6. The van der Waals surface area contributed by atoms with Gasteiger partial charge in [0.25, 0.3) is 0 Å². The van der Waals surface area contributed by atoms with Crippen LogP contribution in [0.1, 0.15) is 40.5 Å². The number of thioether (sulfide) groups is 1. The third kappa shape index (κ3) is 5.26. The molecule has 3 heterocycles. The third-order valence-corrected chi connectivity index (χ3v) is 7.79. The molecule has 9 unspecified atom stereocenters. The summed E-state index contributed by atoms with van der Waals surface area (Å²) in [5, 5.41) is 13.4. The first-order valence-corrected chi connectivity index (χ1v) is 12.8. The predicted octanol–water partition coefficient (Wildman–Crippen LogP) is 2.35. The molecule has 3 aliphatic heterocycles. The van der Waals surface area contributed by atoms with Crippen molar-refractivity contribution < 1.29 is 24.1 Å². The van der Waals surface area contributed by atoms with Crippen LogP contribution >= 0.6 is 23.4 Å². The van der Waals surface area contributed by atoms with Crippen molar-refractivity contribution in [2.75, 3.05) is 19.8 Å². The number of amides is 1. The Labute approximate surface area is 195 Å². The lowest BCUT2D eigenvalue weighted by molar-refractivity contribution is -0.168. The summed E-state index contributed by atoms with van der Waals surface area (Å²) in [6.07, 6.45) is 1.08. The molecule has 0 aromatic heterocycles. The molecule has 31 heavy (non-hydrogen) atoms. The van der Waals surface area contributed by atoms with E-state index in [9.17, 15) is 9.90 Å². The molecule has 3 fully saturated rings. The van der Waals surface area contributed by atoms with E-state index in [1.807, 2.05) is 34.1 Å². The Kier molecular flexibility index (Phi) is 8.05. The first-order chi connectivity index (χ1) is 14.5. The molecule has 9 atom stereocenters. The molecule has 1 amide bonds. The molecule has 0 aromatic rings. The van der Waals surface area contributed by atoms with Crippen LogP contribution in [0, 0.1) is 5.92 Å². The van der Waals surface area contributed by atoms with Crippen LogP contribution in [0.15, 0.2) is 12.2 Å². The van der Waals surface area contributed by atoms with E-state index in [1.54, 1.807) is 0 Å². The Hall–Kier alpha value is -0.350. The molecule has 0 radical (unpaired) electrons. The van der Waals surface area contributed by atoms with Crippen LogP contribution in [-0.4, -0.2) is 88.9 Å². The van der Waals surface area contributed by atoms with Crippen molar-refractivity contribution >= 4 is 29.3 Å². The maximum absolute atomic E-state index is 13.3. The minimum absolute atomic E-state index is 0.0726. The molecule has 9 heteroatoms. The number of nitrogens with one attached hydrogen (secondary N) is 1. The van der Waals surface area contributed by atoms with Gasteiger partial charge in [-0.25, -0.2) is 0 Å². The predicted molar refractivity (Wildman–Crippen MR) is 123 cm³/mol. The van der Waals surface area contributed by atoms with Crippen LogP contribution in [0.3, 0.4) is 0 Å². The highest BCUT2D eigenvalue weighted by Crippen LogP contribution is 2.41. The highest BCUT2D eigenvalue weighted by molar-refractivity contribution is 7.99. The highest BCUT2D eigenvalue weighted by atomic mass is 35.5. The fourth-order valence-electron chi connectivity index (χ4n) is 4.90. The van der Waals surface area contributed by atoms with Crippen LogP contribution in [-0.2, 0) is 19.0 Å². The van der Waals surface area contributed by atoms with Gasteiger partial charge in [0.15, 0.2) is 5.79 Å². The molecule has 0 saturated carbocycles. The SMILES string of the molecule is C=C(CC)C1CC(C(=O)NC(C(C)Cl)C2OC(SC)C(O)C3OC(C)(C)OC32)N(C)C1. The Morgan fingerprint density at radius 3 is 2.61 bits per heavy atom. The first-order valence-electron chi connectivity index (χ1n) is 11.0. The number of fused-ring (bicyclic) bond motifs is 1. The lowest BCUT2D eigenvalue weighted by Gasteiger charge is -2.43. The molecule has 3 saturated heterocycles. The van der Waals surface area contributed by atoms with Gasteiger partial charge in [0.05, 0.1) is 17.5 Å². The minimum Gasteiger partial charge on any atom is -0.387 e. The topological polar surface area (TPSA) is 80.3 Å². The van der Waals surface area contributed by atoms with E-state index in [4.69, 9.17) is 25.8 Å². The van der Waals surface area contributed by atoms with Crippen molar-refractivity contribution in [2.24, 2.45) is 5.92 Å². The van der Waals surface area contributed by atoms with E-state index >= 15 is 0 Å². The zero-order chi connectivity index (χ0) is 23.1. The summed E-state index contributed by atoms with van der Waals surface area (Å²) in [5.74, 6) is -0.609. The van der Waals surface area contributed by atoms with Crippen molar-refractivity contribution in [3.8, 4) is 0 Å². The van der Waals surface area contributed by atoms with Crippen molar-refractivity contribution in [2.45, 2.75) is 93.6 Å². The van der Waals surface area contributed by atoms with Crippen LogP contribution in [0.2, 0.25) is 0 Å². The van der Waals surface area contributed by atoms with Gasteiger partial charge < -0.3 is 24.6 Å². The summed E-state index contributed by atoms with van der Waals surface area (Å²) < 4.78 is 18.3. The zero-order valence-corrected chi connectivity index (χ0v) is 20.9. The molecule has 178 valence electrons. The lowest BCUT2D eigenvalue weighted by atomic mass is 9.92. The molecule has 0 spiro atoms. The molecule has 0 aromatic carbocycles. The molecule has 0 bridgehead atoms. The number of alkyl halides is 1. The zero-order valence-electron chi connectivity index (χ0n) is 19.3. The Balaban J connectivity index is 1.78. The number of ether oxygens (including phenoxy) is 3. The van der Waals surface area contributed by atoms with E-state index in [2.05, 4.69) is 23.7 Å². The minimum atomic E-state index is -0.852. The van der Waals surface area contributed by atoms with Crippen LogP contribution in [0.4, 0.5) is 0 Å². The average Bonchev–Trinajstić information content (AvgIpc) is 3.25. The van der Waals surface area contributed by atoms with Gasteiger partial charge >= 0.3 is 0 Å². The summed E-state index contributed by atoms with van der Waals surface area (Å²) in [6, 6.07) is -0.743. The number of rotatable bonds is 7. The van der Waals surface area contributed by atoms with Crippen LogP contribution < -0.4 is 5.32 Å². The summed E-state index contributed by atoms with van der Waals surface area (Å²) >= 11 is 7.97. The number of nitrogens with zero attached hydrogens (tertiary/aromatic N) is 1. The number of carbonyl (C=O) groups is 1. The van der Waals surface area contributed by atoms with Crippen molar-refractivity contribution in [1.29, 1.82) is 0 Å². The van der Waals surface area contributed by atoms with E-state index < -0.39 is 47.1 Å². The van der Waals surface area contributed by atoms with Gasteiger partial charge in [-0.2, -0.15) is 0 Å². The smallest absolute Gasteiger partial charge is 0.237 e. The average molecular weight is 477 g/mol. The number of likely N-dealkylation sites (N-methyl/N-ethyl adjacent to an activating group) is 1. The second kappa shape index (κ2) is 9.87. The number of halogens is 1. The third-order valence-electron chi connectivity index (χ3n) is 6.67. The molecule has 3 aliphatic rings. The summed E-state index contributed by atoms with van der Waals surface area (Å²) in [4.78, 5) is 15.4. The molecule has 2 N–H and O–H groups in total. The number of hydrogen-bond acceptors (Lipinski definition) is 7. The second-order valence-corrected chi connectivity index (χ2v) is 11.0. The van der Waals surface area contributed by atoms with E-state index in [1.165, 1.54) is 17.3 Å². The lowest BCUT2D eigenvalue weighted by Crippen LogP contribution is -2.64.